The van der Waals surface area contributed by atoms with Crippen molar-refractivity contribution in [1.29, 1.82) is 0 Å². The highest BCUT2D eigenvalue weighted by Gasteiger charge is 2.38. The minimum Gasteiger partial charge on any atom is -0.454 e. The van der Waals surface area contributed by atoms with E-state index in [1.54, 1.807) is 0 Å². The number of hydrogen-bond donors (Lipinski definition) is 0. The average Bonchev–Trinajstić information content (AvgIpc) is 2.67. The molecule has 0 N–H and O–H groups in total. The second kappa shape index (κ2) is 5.03. The molecule has 0 unspecified atom stereocenters. The number of hydrogen-bond acceptors (Lipinski definition) is 2. The molecule has 2 nitrogen and oxygen atoms in total. The predicted octanol–water partition coefficient (Wildman–Crippen LogP) is 3.85. The molecular weight excluding hydrogens is 200 g/mol. The monoisotopic (exact) mass is 224 g/mol. The van der Waals surface area contributed by atoms with Crippen molar-refractivity contribution in [2.24, 2.45) is 5.41 Å². The van der Waals surface area contributed by atoms with Crippen LogP contribution in [0.5, 0.6) is 0 Å². The minimum absolute atomic E-state index is 0.0602. The third-order valence-electron chi connectivity index (χ3n) is 3.65. The fourth-order valence-corrected chi connectivity index (χ4v) is 2.05. The van der Waals surface area contributed by atoms with E-state index in [2.05, 4.69) is 6.08 Å². The molecular formula is C14H24O2. The average molecular weight is 224 g/mol. The summed E-state index contributed by atoms with van der Waals surface area (Å²) in [5.74, 6) is -0.0602. The largest absolute Gasteiger partial charge is 0.454 e. The maximum Gasteiger partial charge on any atom is 0.312 e. The maximum atomic E-state index is 12.1. The summed E-state index contributed by atoms with van der Waals surface area (Å²) in [6, 6.07) is 0. The van der Waals surface area contributed by atoms with Gasteiger partial charge in [0.05, 0.1) is 5.41 Å². The van der Waals surface area contributed by atoms with Gasteiger partial charge in [-0.1, -0.05) is 13.0 Å². The van der Waals surface area contributed by atoms with Crippen LogP contribution in [0.25, 0.3) is 0 Å². The van der Waals surface area contributed by atoms with Crippen LogP contribution >= 0.6 is 0 Å². The molecule has 0 spiro atoms. The molecule has 0 aromatic heterocycles. The second-order valence-electron chi connectivity index (χ2n) is 5.40. The zero-order valence-electron chi connectivity index (χ0n) is 11.0. The van der Waals surface area contributed by atoms with Gasteiger partial charge < -0.3 is 4.74 Å². The van der Waals surface area contributed by atoms with Gasteiger partial charge in [0, 0.05) is 0 Å². The van der Waals surface area contributed by atoms with E-state index in [9.17, 15) is 4.79 Å². The summed E-state index contributed by atoms with van der Waals surface area (Å²) in [7, 11) is 0. The van der Waals surface area contributed by atoms with Crippen molar-refractivity contribution in [3.8, 4) is 0 Å². The molecule has 0 aromatic rings. The molecule has 0 bridgehead atoms. The van der Waals surface area contributed by atoms with E-state index >= 15 is 0 Å². The Balaban J connectivity index is 2.73. The van der Waals surface area contributed by atoms with Crippen molar-refractivity contribution >= 4 is 5.97 Å². The van der Waals surface area contributed by atoms with Crippen LogP contribution in [0.15, 0.2) is 12.2 Å². The first-order chi connectivity index (χ1) is 7.46. The molecule has 1 aliphatic rings. The molecule has 92 valence electrons. The predicted molar refractivity (Wildman–Crippen MR) is 66.2 cm³/mol. The highest BCUT2D eigenvalue weighted by molar-refractivity contribution is 5.76. The Bertz CT molecular complexity index is 270. The van der Waals surface area contributed by atoms with E-state index < -0.39 is 0 Å². The van der Waals surface area contributed by atoms with Gasteiger partial charge in [0.15, 0.2) is 0 Å². The molecule has 16 heavy (non-hydrogen) atoms. The van der Waals surface area contributed by atoms with Gasteiger partial charge in [0.25, 0.3) is 0 Å². The number of allylic oxidation sites excluding steroid dienone is 1. The van der Waals surface area contributed by atoms with Gasteiger partial charge >= 0.3 is 5.97 Å². The Morgan fingerprint density at radius 3 is 2.38 bits per heavy atom. The summed E-state index contributed by atoms with van der Waals surface area (Å²) in [5, 5.41) is 0. The van der Waals surface area contributed by atoms with Gasteiger partial charge in [-0.2, -0.15) is 0 Å². The van der Waals surface area contributed by atoms with Crippen molar-refractivity contribution in [3.63, 3.8) is 0 Å². The van der Waals surface area contributed by atoms with Crippen LogP contribution < -0.4 is 0 Å². The number of esters is 1. The van der Waals surface area contributed by atoms with E-state index in [4.69, 9.17) is 4.74 Å². The topological polar surface area (TPSA) is 26.3 Å². The molecule has 1 rings (SSSR count). The molecule has 0 amide bonds. The van der Waals surface area contributed by atoms with Crippen molar-refractivity contribution < 1.29 is 9.53 Å². The lowest BCUT2D eigenvalue weighted by Gasteiger charge is -2.30. The summed E-state index contributed by atoms with van der Waals surface area (Å²) in [4.78, 5) is 12.1. The SMILES string of the molecule is C/C=C/C1(OC(=O)C(C)(C)CC)CCCC1. The smallest absolute Gasteiger partial charge is 0.312 e. The van der Waals surface area contributed by atoms with Crippen molar-refractivity contribution in [3.05, 3.63) is 12.2 Å². The van der Waals surface area contributed by atoms with Crippen LogP contribution in [0.4, 0.5) is 0 Å². The quantitative estimate of drug-likeness (QED) is 0.535. The fraction of sp³-hybridized carbons (Fsp3) is 0.786. The summed E-state index contributed by atoms with van der Waals surface area (Å²) in [5.41, 5.74) is -0.671. The van der Waals surface area contributed by atoms with E-state index in [0.29, 0.717) is 0 Å². The van der Waals surface area contributed by atoms with Gasteiger partial charge in [-0.15, -0.1) is 0 Å². The van der Waals surface area contributed by atoms with Crippen molar-refractivity contribution in [1.82, 2.24) is 0 Å². The summed E-state index contributed by atoms with van der Waals surface area (Å²) in [6.45, 7) is 7.92. The highest BCUT2D eigenvalue weighted by Crippen LogP contribution is 2.37. The molecule has 2 heteroatoms. The molecule has 0 saturated heterocycles. The molecule has 1 fully saturated rings. The molecule has 0 aliphatic heterocycles. The Hall–Kier alpha value is -0.790. The Morgan fingerprint density at radius 1 is 1.38 bits per heavy atom. The van der Waals surface area contributed by atoms with E-state index in [-0.39, 0.29) is 17.0 Å². The lowest BCUT2D eigenvalue weighted by Crippen LogP contribution is -2.36. The summed E-state index contributed by atoms with van der Waals surface area (Å²) in [6.07, 6.45) is 9.14. The first-order valence-electron chi connectivity index (χ1n) is 6.33. The summed E-state index contributed by atoms with van der Waals surface area (Å²) < 4.78 is 5.77. The van der Waals surface area contributed by atoms with Gasteiger partial charge in [-0.25, -0.2) is 0 Å². The molecule has 0 atom stereocenters. The number of ether oxygens (including phenoxy) is 1. The molecule has 0 heterocycles. The number of carbonyl (C=O) groups excluding carboxylic acids is 1. The van der Waals surface area contributed by atoms with Crippen molar-refractivity contribution in [2.75, 3.05) is 0 Å². The van der Waals surface area contributed by atoms with Crippen LogP contribution in [0.1, 0.15) is 59.8 Å². The van der Waals surface area contributed by atoms with Crippen LogP contribution in [-0.4, -0.2) is 11.6 Å². The first-order valence-corrected chi connectivity index (χ1v) is 6.33. The summed E-state index contributed by atoms with van der Waals surface area (Å²) >= 11 is 0. The normalized spacial score (nSPS) is 20.2. The maximum absolute atomic E-state index is 12.1. The van der Waals surface area contributed by atoms with Crippen LogP contribution in [-0.2, 0) is 9.53 Å². The zero-order chi connectivity index (χ0) is 12.2. The third kappa shape index (κ3) is 2.87. The van der Waals surface area contributed by atoms with Gasteiger partial charge in [0.1, 0.15) is 5.60 Å². The van der Waals surface area contributed by atoms with Crippen LogP contribution in [0.3, 0.4) is 0 Å². The lowest BCUT2D eigenvalue weighted by atomic mass is 9.90. The molecule has 0 radical (unpaired) electrons. The van der Waals surface area contributed by atoms with Gasteiger partial charge in [-0.3, -0.25) is 4.79 Å². The first kappa shape index (κ1) is 13.3. The molecule has 1 saturated carbocycles. The van der Waals surface area contributed by atoms with Crippen molar-refractivity contribution in [2.45, 2.75) is 65.4 Å². The fourth-order valence-electron chi connectivity index (χ4n) is 2.05. The third-order valence-corrected chi connectivity index (χ3v) is 3.65. The Kier molecular flexibility index (Phi) is 4.17. The molecule has 1 aliphatic carbocycles. The van der Waals surface area contributed by atoms with Crippen LogP contribution in [0.2, 0.25) is 0 Å². The second-order valence-corrected chi connectivity index (χ2v) is 5.40. The van der Waals surface area contributed by atoms with E-state index in [0.717, 1.165) is 32.1 Å². The lowest BCUT2D eigenvalue weighted by molar-refractivity contribution is -0.165. The highest BCUT2D eigenvalue weighted by atomic mass is 16.6. The minimum atomic E-state index is -0.364. The zero-order valence-corrected chi connectivity index (χ0v) is 11.0. The Labute approximate surface area is 99.1 Å². The van der Waals surface area contributed by atoms with E-state index in [1.165, 1.54) is 0 Å². The molecule has 0 aromatic carbocycles. The van der Waals surface area contributed by atoms with Crippen LogP contribution in [0, 0.1) is 5.41 Å². The standard InChI is InChI=1S/C14H24O2/c1-5-9-14(10-7-8-11-14)16-12(15)13(3,4)6-2/h5,9H,6-8,10-11H2,1-4H3/b9-5+. The van der Waals surface area contributed by atoms with Gasteiger partial charge in [0.2, 0.25) is 0 Å². The van der Waals surface area contributed by atoms with Gasteiger partial charge in [-0.05, 0) is 59.0 Å². The van der Waals surface area contributed by atoms with E-state index in [1.807, 2.05) is 33.8 Å². The Morgan fingerprint density at radius 2 is 1.94 bits per heavy atom. The number of rotatable bonds is 4. The number of carbonyl (C=O) groups is 1.